The molecule has 0 aliphatic rings. The smallest absolute Gasteiger partial charge is 0.223 e. The van der Waals surface area contributed by atoms with Crippen molar-refractivity contribution in [1.29, 1.82) is 0 Å². The van der Waals surface area contributed by atoms with E-state index in [0.29, 0.717) is 15.7 Å². The van der Waals surface area contributed by atoms with Gasteiger partial charge < -0.3 is 10.2 Å². The van der Waals surface area contributed by atoms with Crippen LogP contribution in [0, 0.1) is 0 Å². The van der Waals surface area contributed by atoms with Gasteiger partial charge in [0, 0.05) is 25.9 Å². The Hall–Kier alpha value is -1.26. The number of anilines is 1. The van der Waals surface area contributed by atoms with Gasteiger partial charge in [-0.3, -0.25) is 9.59 Å². The average molecular weight is 317 g/mol. The largest absolute Gasteiger partial charge is 0.354 e. The molecule has 6 heteroatoms. The summed E-state index contributed by atoms with van der Waals surface area (Å²) < 4.78 is 0. The van der Waals surface area contributed by atoms with Gasteiger partial charge in [-0.15, -0.1) is 0 Å². The first-order chi connectivity index (χ1) is 9.32. The second kappa shape index (κ2) is 7.50. The van der Waals surface area contributed by atoms with Crippen molar-refractivity contribution in [3.8, 4) is 0 Å². The van der Waals surface area contributed by atoms with Gasteiger partial charge >= 0.3 is 0 Å². The summed E-state index contributed by atoms with van der Waals surface area (Å²) >= 11 is 12.2. The number of amides is 2. The number of carbonyl (C=O) groups is 2. The molecule has 0 saturated carbocycles. The number of halogens is 2. The van der Waals surface area contributed by atoms with Crippen molar-refractivity contribution in [3.05, 3.63) is 28.2 Å². The van der Waals surface area contributed by atoms with E-state index >= 15 is 0 Å². The summed E-state index contributed by atoms with van der Waals surface area (Å²) in [5.74, 6) is -0.327. The lowest BCUT2D eigenvalue weighted by molar-refractivity contribution is -0.121. The van der Waals surface area contributed by atoms with E-state index in [1.165, 1.54) is 11.8 Å². The molecule has 0 spiro atoms. The topological polar surface area (TPSA) is 49.4 Å². The highest BCUT2D eigenvalue weighted by Gasteiger charge is 2.19. The van der Waals surface area contributed by atoms with Crippen LogP contribution in [0.2, 0.25) is 10.0 Å². The van der Waals surface area contributed by atoms with Crippen LogP contribution in [0.25, 0.3) is 0 Å². The Morgan fingerprint density at radius 3 is 2.25 bits per heavy atom. The minimum absolute atomic E-state index is 0.0668. The van der Waals surface area contributed by atoms with Crippen LogP contribution in [0.3, 0.4) is 0 Å². The average Bonchev–Trinajstić information content (AvgIpc) is 2.31. The third kappa shape index (κ3) is 4.69. The summed E-state index contributed by atoms with van der Waals surface area (Å²) in [5.41, 5.74) is 0.445. The fourth-order valence-corrected chi connectivity index (χ4v) is 2.38. The summed E-state index contributed by atoms with van der Waals surface area (Å²) in [6.45, 7) is 5.41. The van der Waals surface area contributed by atoms with E-state index in [2.05, 4.69) is 5.32 Å². The van der Waals surface area contributed by atoms with E-state index < -0.39 is 0 Å². The molecule has 0 saturated heterocycles. The second-order valence-electron chi connectivity index (χ2n) is 4.71. The number of nitrogens with one attached hydrogen (secondary N) is 1. The summed E-state index contributed by atoms with van der Waals surface area (Å²) in [6.07, 6.45) is 0.194. The Kier molecular flexibility index (Phi) is 6.30. The highest BCUT2D eigenvalue weighted by atomic mass is 35.5. The van der Waals surface area contributed by atoms with Gasteiger partial charge in [0.15, 0.2) is 0 Å². The lowest BCUT2D eigenvalue weighted by atomic mass is 10.2. The Bertz CT molecular complexity index is 484. The van der Waals surface area contributed by atoms with Crippen LogP contribution in [0.1, 0.15) is 27.2 Å². The van der Waals surface area contributed by atoms with Crippen molar-refractivity contribution in [3.63, 3.8) is 0 Å². The summed E-state index contributed by atoms with van der Waals surface area (Å²) in [7, 11) is 0. The van der Waals surface area contributed by atoms with E-state index in [1.807, 2.05) is 13.8 Å². The summed E-state index contributed by atoms with van der Waals surface area (Å²) in [6, 6.07) is 5.09. The standard InChI is InChI=1S/C14H18Cl2N2O2/c1-9(2)17-13(20)7-8-18(10(3)19)14-11(15)5-4-6-12(14)16/h4-6,9H,7-8H2,1-3H3,(H,17,20). The second-order valence-corrected chi connectivity index (χ2v) is 5.53. The first-order valence-corrected chi connectivity index (χ1v) is 7.10. The number of hydrogen-bond donors (Lipinski definition) is 1. The molecule has 20 heavy (non-hydrogen) atoms. The van der Waals surface area contributed by atoms with Crippen molar-refractivity contribution < 1.29 is 9.59 Å². The molecule has 0 fully saturated rings. The first-order valence-electron chi connectivity index (χ1n) is 6.34. The number of hydrogen-bond acceptors (Lipinski definition) is 2. The maximum Gasteiger partial charge on any atom is 0.223 e. The molecular weight excluding hydrogens is 299 g/mol. The molecule has 0 aliphatic heterocycles. The molecule has 0 unspecified atom stereocenters. The molecule has 1 N–H and O–H groups in total. The maximum absolute atomic E-state index is 11.8. The SMILES string of the molecule is CC(=O)N(CCC(=O)NC(C)C)c1c(Cl)cccc1Cl. The Balaban J connectivity index is 2.86. The van der Waals surface area contributed by atoms with Crippen LogP contribution >= 0.6 is 23.2 Å². The monoisotopic (exact) mass is 316 g/mol. The predicted octanol–water partition coefficient (Wildman–Crippen LogP) is 3.26. The van der Waals surface area contributed by atoms with Crippen molar-refractivity contribution in [2.75, 3.05) is 11.4 Å². The highest BCUT2D eigenvalue weighted by molar-refractivity contribution is 6.39. The fourth-order valence-electron chi connectivity index (χ4n) is 1.78. The number of rotatable bonds is 5. The minimum atomic E-state index is -0.211. The van der Waals surface area contributed by atoms with Crippen molar-refractivity contribution in [2.24, 2.45) is 0 Å². The molecule has 1 rings (SSSR count). The van der Waals surface area contributed by atoms with Gasteiger partial charge in [-0.25, -0.2) is 0 Å². The number of carbonyl (C=O) groups excluding carboxylic acids is 2. The van der Waals surface area contributed by atoms with Crippen molar-refractivity contribution >= 4 is 40.7 Å². The molecule has 0 aromatic heterocycles. The third-order valence-corrected chi connectivity index (χ3v) is 3.21. The van der Waals surface area contributed by atoms with Gasteiger partial charge in [0.1, 0.15) is 0 Å². The highest BCUT2D eigenvalue weighted by Crippen LogP contribution is 2.33. The normalized spacial score (nSPS) is 10.5. The van der Waals surface area contributed by atoms with E-state index in [9.17, 15) is 9.59 Å². The van der Waals surface area contributed by atoms with Crippen molar-refractivity contribution in [2.45, 2.75) is 33.2 Å². The molecule has 1 aromatic rings. The molecule has 0 aliphatic carbocycles. The van der Waals surface area contributed by atoms with Crippen LogP contribution in [0.5, 0.6) is 0 Å². The van der Waals surface area contributed by atoms with Gasteiger partial charge in [0.05, 0.1) is 15.7 Å². The number of nitrogens with zero attached hydrogens (tertiary/aromatic N) is 1. The zero-order chi connectivity index (χ0) is 15.3. The molecule has 2 amide bonds. The fraction of sp³-hybridized carbons (Fsp3) is 0.429. The number of para-hydroxylation sites is 1. The third-order valence-electron chi connectivity index (χ3n) is 2.60. The minimum Gasteiger partial charge on any atom is -0.354 e. The van der Waals surface area contributed by atoms with Crippen molar-refractivity contribution in [1.82, 2.24) is 5.32 Å². The molecule has 1 aromatic carbocycles. The van der Waals surface area contributed by atoms with Gasteiger partial charge in [-0.1, -0.05) is 29.3 Å². The Morgan fingerprint density at radius 2 is 1.80 bits per heavy atom. The van der Waals surface area contributed by atoms with E-state index in [4.69, 9.17) is 23.2 Å². The zero-order valence-corrected chi connectivity index (χ0v) is 13.3. The molecule has 0 bridgehead atoms. The van der Waals surface area contributed by atoms with Crippen LogP contribution < -0.4 is 10.2 Å². The summed E-state index contributed by atoms with van der Waals surface area (Å²) in [5, 5.41) is 3.55. The maximum atomic E-state index is 11.8. The van der Waals surface area contributed by atoms with Crippen LogP contribution in [-0.2, 0) is 9.59 Å². The molecule has 4 nitrogen and oxygen atoms in total. The van der Waals surface area contributed by atoms with Crippen LogP contribution in [0.4, 0.5) is 5.69 Å². The molecule has 0 radical (unpaired) electrons. The van der Waals surface area contributed by atoms with Crippen LogP contribution in [0.15, 0.2) is 18.2 Å². The van der Waals surface area contributed by atoms with E-state index in [0.717, 1.165) is 0 Å². The summed E-state index contributed by atoms with van der Waals surface area (Å²) in [4.78, 5) is 24.8. The van der Waals surface area contributed by atoms with E-state index in [1.54, 1.807) is 18.2 Å². The van der Waals surface area contributed by atoms with Gasteiger partial charge in [0.25, 0.3) is 0 Å². The lowest BCUT2D eigenvalue weighted by Crippen LogP contribution is -2.36. The quantitative estimate of drug-likeness (QED) is 0.906. The zero-order valence-electron chi connectivity index (χ0n) is 11.7. The van der Waals surface area contributed by atoms with Gasteiger partial charge in [0.2, 0.25) is 11.8 Å². The Labute approximate surface area is 129 Å². The molecule has 110 valence electrons. The van der Waals surface area contributed by atoms with Crippen LogP contribution in [-0.4, -0.2) is 24.4 Å². The van der Waals surface area contributed by atoms with Gasteiger partial charge in [-0.2, -0.15) is 0 Å². The molecular formula is C14H18Cl2N2O2. The molecule has 0 atom stereocenters. The molecule has 0 heterocycles. The lowest BCUT2D eigenvalue weighted by Gasteiger charge is -2.23. The predicted molar refractivity (Wildman–Crippen MR) is 82.4 cm³/mol. The first kappa shape index (κ1) is 16.8. The van der Waals surface area contributed by atoms with Gasteiger partial charge in [-0.05, 0) is 26.0 Å². The Morgan fingerprint density at radius 1 is 1.25 bits per heavy atom. The number of benzene rings is 1. The van der Waals surface area contributed by atoms with E-state index in [-0.39, 0.29) is 30.8 Å².